The molecule has 0 bridgehead atoms. The second kappa shape index (κ2) is 7.56. The molecule has 20 heavy (non-hydrogen) atoms. The Kier molecular flexibility index (Phi) is 6.38. The van der Waals surface area contributed by atoms with Crippen molar-refractivity contribution in [3.05, 3.63) is 24.0 Å². The third-order valence-electron chi connectivity index (χ3n) is 2.49. The van der Waals surface area contributed by atoms with Gasteiger partial charge in [-0.2, -0.15) is 0 Å². The van der Waals surface area contributed by atoms with Gasteiger partial charge in [-0.3, -0.25) is 0 Å². The van der Waals surface area contributed by atoms with Gasteiger partial charge in [0.25, 0.3) is 0 Å². The number of hydrogen-bond donors (Lipinski definition) is 2. The summed E-state index contributed by atoms with van der Waals surface area (Å²) >= 11 is 0. The highest BCUT2D eigenvalue weighted by molar-refractivity contribution is 7.89. The summed E-state index contributed by atoms with van der Waals surface area (Å²) in [4.78, 5) is -0.132. The van der Waals surface area contributed by atoms with Crippen molar-refractivity contribution in [2.45, 2.75) is 25.2 Å². The summed E-state index contributed by atoms with van der Waals surface area (Å²) in [6.45, 7) is 5.45. The van der Waals surface area contributed by atoms with Gasteiger partial charge in [-0.25, -0.2) is 17.5 Å². The quantitative estimate of drug-likeness (QED) is 0.566. The maximum Gasteiger partial charge on any atom is 0.240 e. The smallest absolute Gasteiger partial charge is 0.240 e. The number of nitrogens with two attached hydrogens (primary N) is 1. The Labute approximate surface area is 119 Å². The summed E-state index contributed by atoms with van der Waals surface area (Å²) in [5, 5.41) is 0. The standard InChI is InChI=1S/C13H21FN2O3S/c1-10(2)9-19-7-3-6-16-20(17,18)11-4-5-13(15)12(14)8-11/h4-5,8,10,16H,3,6-7,9,15H2,1-2H3. The van der Waals surface area contributed by atoms with Gasteiger partial charge in [0.2, 0.25) is 10.0 Å². The fourth-order valence-electron chi connectivity index (χ4n) is 1.46. The predicted molar refractivity (Wildman–Crippen MR) is 76.3 cm³/mol. The van der Waals surface area contributed by atoms with Gasteiger partial charge in [-0.1, -0.05) is 13.8 Å². The molecule has 0 aliphatic rings. The van der Waals surface area contributed by atoms with Crippen molar-refractivity contribution in [1.29, 1.82) is 0 Å². The lowest BCUT2D eigenvalue weighted by Gasteiger charge is -2.09. The van der Waals surface area contributed by atoms with E-state index in [1.54, 1.807) is 0 Å². The molecule has 0 unspecified atom stereocenters. The number of benzene rings is 1. The van der Waals surface area contributed by atoms with Gasteiger partial charge in [0.05, 0.1) is 10.6 Å². The molecule has 0 amide bonds. The first-order chi connectivity index (χ1) is 9.33. The van der Waals surface area contributed by atoms with E-state index >= 15 is 0 Å². The summed E-state index contributed by atoms with van der Waals surface area (Å²) in [6, 6.07) is 3.42. The van der Waals surface area contributed by atoms with Crippen molar-refractivity contribution < 1.29 is 17.5 Å². The van der Waals surface area contributed by atoms with Gasteiger partial charge in [0.15, 0.2) is 0 Å². The number of halogens is 1. The first-order valence-corrected chi connectivity index (χ1v) is 7.93. The molecule has 0 fully saturated rings. The van der Waals surface area contributed by atoms with E-state index in [9.17, 15) is 12.8 Å². The molecule has 0 saturated carbocycles. The molecule has 0 spiro atoms. The van der Waals surface area contributed by atoms with Crippen LogP contribution in [0, 0.1) is 11.7 Å². The van der Waals surface area contributed by atoms with E-state index in [2.05, 4.69) is 4.72 Å². The topological polar surface area (TPSA) is 81.4 Å². The molecule has 0 aromatic heterocycles. The fourth-order valence-corrected chi connectivity index (χ4v) is 2.54. The molecule has 5 nitrogen and oxygen atoms in total. The zero-order valence-electron chi connectivity index (χ0n) is 11.7. The second-order valence-electron chi connectivity index (χ2n) is 4.90. The van der Waals surface area contributed by atoms with Crippen molar-refractivity contribution >= 4 is 15.7 Å². The van der Waals surface area contributed by atoms with Crippen molar-refractivity contribution in [2.24, 2.45) is 5.92 Å². The van der Waals surface area contributed by atoms with Crippen LogP contribution in [-0.2, 0) is 14.8 Å². The Bertz CT molecular complexity index is 532. The lowest BCUT2D eigenvalue weighted by molar-refractivity contribution is 0.108. The molecular weight excluding hydrogens is 283 g/mol. The van der Waals surface area contributed by atoms with Crippen LogP contribution in [0.1, 0.15) is 20.3 Å². The zero-order chi connectivity index (χ0) is 15.2. The zero-order valence-corrected chi connectivity index (χ0v) is 12.5. The molecule has 7 heteroatoms. The van der Waals surface area contributed by atoms with Crippen molar-refractivity contribution in [3.63, 3.8) is 0 Å². The third-order valence-corrected chi connectivity index (χ3v) is 3.95. The molecule has 0 atom stereocenters. The lowest BCUT2D eigenvalue weighted by atomic mass is 10.2. The minimum Gasteiger partial charge on any atom is -0.396 e. The Hall–Kier alpha value is -1.18. The van der Waals surface area contributed by atoms with Crippen LogP contribution < -0.4 is 10.5 Å². The predicted octanol–water partition coefficient (Wildman–Crippen LogP) is 1.75. The average molecular weight is 304 g/mol. The van der Waals surface area contributed by atoms with Crippen molar-refractivity contribution in [2.75, 3.05) is 25.5 Å². The van der Waals surface area contributed by atoms with Gasteiger partial charge in [-0.05, 0) is 30.5 Å². The molecule has 0 heterocycles. The molecule has 114 valence electrons. The Morgan fingerprint density at radius 3 is 2.70 bits per heavy atom. The maximum absolute atomic E-state index is 13.2. The second-order valence-corrected chi connectivity index (χ2v) is 6.67. The molecule has 1 aromatic carbocycles. The number of hydrogen-bond acceptors (Lipinski definition) is 4. The number of rotatable bonds is 8. The van der Waals surface area contributed by atoms with Crippen LogP contribution >= 0.6 is 0 Å². The minimum atomic E-state index is -3.70. The molecule has 0 saturated heterocycles. The molecule has 3 N–H and O–H groups in total. The van der Waals surface area contributed by atoms with Crippen LogP contribution in [0.3, 0.4) is 0 Å². The number of anilines is 1. The maximum atomic E-state index is 13.2. The molecule has 1 rings (SSSR count). The Balaban J connectivity index is 2.43. The number of sulfonamides is 1. The van der Waals surface area contributed by atoms with E-state index in [-0.39, 0.29) is 17.1 Å². The van der Waals surface area contributed by atoms with Crippen LogP contribution in [0.2, 0.25) is 0 Å². The summed E-state index contributed by atoms with van der Waals surface area (Å²) in [5.74, 6) is -0.294. The molecule has 1 aromatic rings. The SMILES string of the molecule is CC(C)COCCCNS(=O)(=O)c1ccc(N)c(F)c1. The summed E-state index contributed by atoms with van der Waals surface area (Å²) < 4.78 is 44.7. The monoisotopic (exact) mass is 304 g/mol. The lowest BCUT2D eigenvalue weighted by Crippen LogP contribution is -2.26. The highest BCUT2D eigenvalue weighted by atomic mass is 32.2. The van der Waals surface area contributed by atoms with E-state index in [0.29, 0.717) is 25.6 Å². The summed E-state index contributed by atoms with van der Waals surface area (Å²) in [5.41, 5.74) is 5.23. The number of ether oxygens (including phenoxy) is 1. The van der Waals surface area contributed by atoms with Crippen molar-refractivity contribution in [1.82, 2.24) is 4.72 Å². The van der Waals surface area contributed by atoms with E-state index in [0.717, 1.165) is 6.07 Å². The van der Waals surface area contributed by atoms with Gasteiger partial charge in [0, 0.05) is 19.8 Å². The highest BCUT2D eigenvalue weighted by Crippen LogP contribution is 2.15. The van der Waals surface area contributed by atoms with Gasteiger partial charge in [-0.15, -0.1) is 0 Å². The van der Waals surface area contributed by atoms with Crippen LogP contribution in [0.15, 0.2) is 23.1 Å². The molecule has 0 radical (unpaired) electrons. The molecular formula is C13H21FN2O3S. The van der Waals surface area contributed by atoms with E-state index in [1.807, 2.05) is 13.8 Å². The van der Waals surface area contributed by atoms with E-state index in [1.165, 1.54) is 12.1 Å². The molecule has 0 aliphatic carbocycles. The number of nitrogen functional groups attached to an aromatic ring is 1. The Morgan fingerprint density at radius 1 is 1.40 bits per heavy atom. The third kappa shape index (κ3) is 5.44. The van der Waals surface area contributed by atoms with Gasteiger partial charge in [0.1, 0.15) is 5.82 Å². The van der Waals surface area contributed by atoms with Crippen LogP contribution in [0.25, 0.3) is 0 Å². The first-order valence-electron chi connectivity index (χ1n) is 6.45. The molecule has 0 aliphatic heterocycles. The summed E-state index contributed by atoms with van der Waals surface area (Å²) in [6.07, 6.45) is 0.559. The van der Waals surface area contributed by atoms with Crippen LogP contribution in [0.5, 0.6) is 0 Å². The van der Waals surface area contributed by atoms with Crippen molar-refractivity contribution in [3.8, 4) is 0 Å². The largest absolute Gasteiger partial charge is 0.396 e. The summed E-state index contributed by atoms with van der Waals surface area (Å²) in [7, 11) is -3.70. The van der Waals surface area contributed by atoms with E-state index in [4.69, 9.17) is 10.5 Å². The van der Waals surface area contributed by atoms with Crippen LogP contribution in [-0.4, -0.2) is 28.2 Å². The van der Waals surface area contributed by atoms with E-state index < -0.39 is 15.8 Å². The minimum absolute atomic E-state index is 0.0777. The highest BCUT2D eigenvalue weighted by Gasteiger charge is 2.14. The average Bonchev–Trinajstić information content (AvgIpc) is 2.36. The van der Waals surface area contributed by atoms with Gasteiger partial charge < -0.3 is 10.5 Å². The number of nitrogens with one attached hydrogen (secondary N) is 1. The normalized spacial score (nSPS) is 12.0. The Morgan fingerprint density at radius 2 is 2.10 bits per heavy atom. The van der Waals surface area contributed by atoms with Gasteiger partial charge >= 0.3 is 0 Å². The van der Waals surface area contributed by atoms with Crippen LogP contribution in [0.4, 0.5) is 10.1 Å². The fraction of sp³-hybridized carbons (Fsp3) is 0.538. The first kappa shape index (κ1) is 16.9.